The number of ether oxygens (including phenoxy) is 1. The zero-order valence-electron chi connectivity index (χ0n) is 17.3. The summed E-state index contributed by atoms with van der Waals surface area (Å²) < 4.78 is 33.3. The van der Waals surface area contributed by atoms with Crippen LogP contribution in [0.3, 0.4) is 0 Å². The third kappa shape index (κ3) is 3.31. The van der Waals surface area contributed by atoms with Crippen molar-refractivity contribution in [3.63, 3.8) is 0 Å². The number of aromatic nitrogens is 1. The summed E-state index contributed by atoms with van der Waals surface area (Å²) in [6.07, 6.45) is 1.48. The summed E-state index contributed by atoms with van der Waals surface area (Å²) in [7, 11) is -3.93. The molecule has 30 heavy (non-hydrogen) atoms. The second-order valence-corrected chi connectivity index (χ2v) is 10.3. The molecule has 0 unspecified atom stereocenters. The van der Waals surface area contributed by atoms with Crippen LogP contribution < -0.4 is 4.90 Å². The minimum atomic E-state index is -3.93. The highest BCUT2D eigenvalue weighted by molar-refractivity contribution is 7.90. The summed E-state index contributed by atoms with van der Waals surface area (Å²) in [4.78, 5) is 14.3. The first-order chi connectivity index (χ1) is 14.0. The van der Waals surface area contributed by atoms with Gasteiger partial charge in [-0.25, -0.2) is 17.2 Å². The minimum Gasteiger partial charge on any atom is -0.506 e. The van der Waals surface area contributed by atoms with E-state index in [1.807, 2.05) is 6.92 Å². The Kier molecular flexibility index (Phi) is 4.58. The molecule has 4 rings (SSSR count). The lowest BCUT2D eigenvalue weighted by Gasteiger charge is -2.30. The molecule has 1 amide bonds. The molecule has 0 radical (unpaired) electrons. The third-order valence-corrected chi connectivity index (χ3v) is 6.71. The zero-order chi connectivity index (χ0) is 21.8. The predicted molar refractivity (Wildman–Crippen MR) is 115 cm³/mol. The molecule has 0 aliphatic carbocycles. The Morgan fingerprint density at radius 3 is 2.40 bits per heavy atom. The number of phenolic OH excluding ortho intramolecular Hbond substituents is 1. The molecule has 1 aliphatic heterocycles. The normalized spacial score (nSPS) is 14.2. The number of anilines is 1. The molecule has 158 valence electrons. The van der Waals surface area contributed by atoms with E-state index < -0.39 is 21.7 Å². The van der Waals surface area contributed by atoms with Gasteiger partial charge in [-0.2, -0.15) is 0 Å². The van der Waals surface area contributed by atoms with Gasteiger partial charge in [0.25, 0.3) is 10.0 Å². The fraction of sp³-hybridized carbons (Fsp3) is 0.318. The van der Waals surface area contributed by atoms with Gasteiger partial charge < -0.3 is 9.84 Å². The molecular weight excluding hydrogens is 404 g/mol. The van der Waals surface area contributed by atoms with Crippen LogP contribution in [0.25, 0.3) is 10.9 Å². The Bertz CT molecular complexity index is 1250. The standard InChI is InChI=1S/C22H24N2O5S/c1-14-5-7-16(8-6-14)30(27,28)24-13-15-11-12-23(21(26)29-22(2,3)4)17-9-10-18(25)20(24)19(15)17/h5-10,13,25H,11-12H2,1-4H3. The summed E-state index contributed by atoms with van der Waals surface area (Å²) in [6, 6.07) is 9.58. The Morgan fingerprint density at radius 2 is 1.77 bits per heavy atom. The highest BCUT2D eigenvalue weighted by Crippen LogP contribution is 2.41. The van der Waals surface area contributed by atoms with Crippen LogP contribution in [0.4, 0.5) is 10.5 Å². The van der Waals surface area contributed by atoms with Crippen LogP contribution in [0.15, 0.2) is 47.5 Å². The van der Waals surface area contributed by atoms with Gasteiger partial charge in [-0.05, 0) is 63.9 Å². The minimum absolute atomic E-state index is 0.129. The van der Waals surface area contributed by atoms with Crippen LogP contribution in [-0.2, 0) is 21.2 Å². The van der Waals surface area contributed by atoms with Gasteiger partial charge in [0, 0.05) is 18.1 Å². The van der Waals surface area contributed by atoms with E-state index in [2.05, 4.69) is 0 Å². The molecule has 1 aliphatic rings. The molecule has 2 aromatic carbocycles. The number of amides is 1. The molecule has 7 nitrogen and oxygen atoms in total. The fourth-order valence-corrected chi connectivity index (χ4v) is 5.07. The lowest BCUT2D eigenvalue weighted by atomic mass is 10.0. The van der Waals surface area contributed by atoms with E-state index in [-0.39, 0.29) is 16.2 Å². The predicted octanol–water partition coefficient (Wildman–Crippen LogP) is 4.19. The maximum atomic E-state index is 13.3. The average Bonchev–Trinajstić information content (AvgIpc) is 3.05. The van der Waals surface area contributed by atoms with Gasteiger partial charge in [0.1, 0.15) is 16.9 Å². The Balaban J connectivity index is 1.89. The SMILES string of the molecule is Cc1ccc(S(=O)(=O)n2cc3c4c(ccc(O)c42)N(C(=O)OC(C)(C)C)CC3)cc1. The Labute approximate surface area is 175 Å². The summed E-state index contributed by atoms with van der Waals surface area (Å²) in [5.41, 5.74) is 1.73. The highest BCUT2D eigenvalue weighted by Gasteiger charge is 2.32. The summed E-state index contributed by atoms with van der Waals surface area (Å²) in [5.74, 6) is -0.165. The quantitative estimate of drug-likeness (QED) is 0.661. The van der Waals surface area contributed by atoms with Gasteiger partial charge in [0.05, 0.1) is 10.6 Å². The molecule has 0 saturated heterocycles. The molecule has 2 heterocycles. The first-order valence-corrected chi connectivity index (χ1v) is 11.1. The van der Waals surface area contributed by atoms with Crippen LogP contribution in [0, 0.1) is 6.92 Å². The molecule has 0 bridgehead atoms. The van der Waals surface area contributed by atoms with Crippen LogP contribution >= 0.6 is 0 Å². The van der Waals surface area contributed by atoms with E-state index in [0.29, 0.717) is 24.0 Å². The number of rotatable bonds is 2. The number of aryl methyl sites for hydroxylation is 1. The van der Waals surface area contributed by atoms with Crippen molar-refractivity contribution in [1.82, 2.24) is 3.97 Å². The van der Waals surface area contributed by atoms with Crippen molar-refractivity contribution < 1.29 is 23.1 Å². The van der Waals surface area contributed by atoms with E-state index in [9.17, 15) is 18.3 Å². The first kappa shape index (κ1) is 20.3. The highest BCUT2D eigenvalue weighted by atomic mass is 32.2. The number of hydrogen-bond acceptors (Lipinski definition) is 5. The van der Waals surface area contributed by atoms with Crippen molar-refractivity contribution in [1.29, 1.82) is 0 Å². The molecule has 8 heteroatoms. The van der Waals surface area contributed by atoms with Crippen LogP contribution in [-0.4, -0.2) is 35.7 Å². The molecule has 1 N–H and O–H groups in total. The molecule has 0 atom stereocenters. The number of nitrogens with zero attached hydrogens (tertiary/aromatic N) is 2. The molecule has 3 aromatic rings. The van der Waals surface area contributed by atoms with Crippen molar-refractivity contribution in [3.05, 3.63) is 53.7 Å². The summed E-state index contributed by atoms with van der Waals surface area (Å²) in [6.45, 7) is 7.60. The zero-order valence-corrected chi connectivity index (χ0v) is 18.2. The van der Waals surface area contributed by atoms with Crippen molar-refractivity contribution in [2.24, 2.45) is 0 Å². The molecule has 0 spiro atoms. The lowest BCUT2D eigenvalue weighted by molar-refractivity contribution is 0.0580. The number of aromatic hydroxyl groups is 1. The number of carbonyl (C=O) groups excluding carboxylic acids is 1. The monoisotopic (exact) mass is 428 g/mol. The van der Waals surface area contributed by atoms with Crippen LogP contribution in [0.1, 0.15) is 31.9 Å². The van der Waals surface area contributed by atoms with Gasteiger partial charge in [-0.1, -0.05) is 17.7 Å². The van der Waals surface area contributed by atoms with E-state index in [0.717, 1.165) is 15.1 Å². The lowest BCUT2D eigenvalue weighted by Crippen LogP contribution is -2.39. The smallest absolute Gasteiger partial charge is 0.414 e. The van der Waals surface area contributed by atoms with E-state index in [1.165, 1.54) is 17.2 Å². The number of carbonyl (C=O) groups is 1. The van der Waals surface area contributed by atoms with Gasteiger partial charge in [0.15, 0.2) is 0 Å². The molecular formula is C22H24N2O5S. The maximum absolute atomic E-state index is 13.3. The van der Waals surface area contributed by atoms with Gasteiger partial charge in [-0.3, -0.25) is 4.90 Å². The molecule has 1 aromatic heterocycles. The number of hydrogen-bond donors (Lipinski definition) is 1. The fourth-order valence-electron chi connectivity index (χ4n) is 3.67. The van der Waals surface area contributed by atoms with Gasteiger partial charge in [0.2, 0.25) is 0 Å². The first-order valence-electron chi connectivity index (χ1n) is 9.68. The molecule has 0 fully saturated rings. The number of benzene rings is 2. The van der Waals surface area contributed by atoms with E-state index in [4.69, 9.17) is 4.74 Å². The van der Waals surface area contributed by atoms with Crippen molar-refractivity contribution in [2.45, 2.75) is 44.6 Å². The second kappa shape index (κ2) is 6.77. The second-order valence-electron chi connectivity index (χ2n) is 8.48. The topological polar surface area (TPSA) is 88.8 Å². The van der Waals surface area contributed by atoms with E-state index in [1.54, 1.807) is 51.1 Å². The average molecular weight is 429 g/mol. The van der Waals surface area contributed by atoms with Crippen molar-refractivity contribution >= 4 is 32.7 Å². The molecule has 0 saturated carbocycles. The van der Waals surface area contributed by atoms with Crippen molar-refractivity contribution in [3.8, 4) is 5.75 Å². The van der Waals surface area contributed by atoms with Crippen LogP contribution in [0.5, 0.6) is 5.75 Å². The third-order valence-electron chi connectivity index (χ3n) is 5.04. The Morgan fingerprint density at radius 1 is 1.10 bits per heavy atom. The van der Waals surface area contributed by atoms with Crippen molar-refractivity contribution in [2.75, 3.05) is 11.4 Å². The van der Waals surface area contributed by atoms with Gasteiger partial charge in [-0.15, -0.1) is 0 Å². The number of phenols is 1. The summed E-state index contributed by atoms with van der Waals surface area (Å²) >= 11 is 0. The van der Waals surface area contributed by atoms with Gasteiger partial charge >= 0.3 is 6.09 Å². The van der Waals surface area contributed by atoms with E-state index >= 15 is 0 Å². The Hall–Kier alpha value is -3.00. The maximum Gasteiger partial charge on any atom is 0.414 e. The summed E-state index contributed by atoms with van der Waals surface area (Å²) in [5, 5.41) is 11.1. The van der Waals surface area contributed by atoms with Crippen LogP contribution in [0.2, 0.25) is 0 Å². The largest absolute Gasteiger partial charge is 0.506 e.